The smallest absolute Gasteiger partial charge is 0.223 e. The van der Waals surface area contributed by atoms with E-state index in [1.54, 1.807) is 0 Å². The molecule has 0 aliphatic carbocycles. The molecule has 1 aliphatic rings. The molecular formula is C14H28N2O. The molecule has 1 rings (SSSR count). The van der Waals surface area contributed by atoms with Crippen LogP contribution in [0, 0.1) is 11.8 Å². The van der Waals surface area contributed by atoms with E-state index in [1.807, 2.05) is 0 Å². The van der Waals surface area contributed by atoms with Gasteiger partial charge in [-0.05, 0) is 51.5 Å². The minimum Gasteiger partial charge on any atom is -0.338 e. The third-order valence-electron chi connectivity index (χ3n) is 3.80. The average Bonchev–Trinajstić information content (AvgIpc) is 2.56. The van der Waals surface area contributed by atoms with Gasteiger partial charge >= 0.3 is 0 Å². The highest BCUT2D eigenvalue weighted by Gasteiger charge is 2.35. The second kappa shape index (κ2) is 5.85. The lowest BCUT2D eigenvalue weighted by molar-refractivity contribution is -0.135. The van der Waals surface area contributed by atoms with E-state index in [-0.39, 0.29) is 5.54 Å². The molecule has 0 aromatic carbocycles. The van der Waals surface area contributed by atoms with Crippen LogP contribution in [0.2, 0.25) is 0 Å². The van der Waals surface area contributed by atoms with Gasteiger partial charge in [0.1, 0.15) is 0 Å². The standard InChI is InChI=1S/C14H28N2O/c1-11(2)8-12(10-15)9-13(17)16-7-5-6-14(16,3)4/h11-12H,5-10,15H2,1-4H3. The molecule has 1 heterocycles. The first kappa shape index (κ1) is 14.5. The van der Waals surface area contributed by atoms with Crippen LogP contribution >= 0.6 is 0 Å². The molecule has 100 valence electrons. The fraction of sp³-hybridized carbons (Fsp3) is 0.929. The van der Waals surface area contributed by atoms with Crippen LogP contribution in [0.4, 0.5) is 0 Å². The summed E-state index contributed by atoms with van der Waals surface area (Å²) in [5, 5.41) is 0. The number of nitrogens with two attached hydrogens (primary N) is 1. The maximum absolute atomic E-state index is 12.3. The second-order valence-corrected chi connectivity index (χ2v) is 6.40. The lowest BCUT2D eigenvalue weighted by atomic mass is 9.93. The minimum absolute atomic E-state index is 0.0497. The Morgan fingerprint density at radius 2 is 2.06 bits per heavy atom. The molecule has 0 saturated carbocycles. The monoisotopic (exact) mass is 240 g/mol. The molecule has 0 aromatic heterocycles. The van der Waals surface area contributed by atoms with Crippen molar-refractivity contribution in [3.63, 3.8) is 0 Å². The van der Waals surface area contributed by atoms with Crippen LogP contribution in [-0.4, -0.2) is 29.4 Å². The van der Waals surface area contributed by atoms with Crippen LogP contribution in [0.5, 0.6) is 0 Å². The maximum atomic E-state index is 12.3. The molecule has 3 heteroatoms. The summed E-state index contributed by atoms with van der Waals surface area (Å²) in [5.41, 5.74) is 5.81. The van der Waals surface area contributed by atoms with Crippen molar-refractivity contribution in [2.45, 2.75) is 58.9 Å². The van der Waals surface area contributed by atoms with Gasteiger partial charge in [-0.2, -0.15) is 0 Å². The van der Waals surface area contributed by atoms with E-state index in [4.69, 9.17) is 5.73 Å². The third kappa shape index (κ3) is 3.98. The first-order chi connectivity index (χ1) is 7.86. The van der Waals surface area contributed by atoms with Crippen molar-refractivity contribution < 1.29 is 4.79 Å². The summed E-state index contributed by atoms with van der Waals surface area (Å²) >= 11 is 0. The van der Waals surface area contributed by atoms with Gasteiger partial charge < -0.3 is 10.6 Å². The van der Waals surface area contributed by atoms with Crippen molar-refractivity contribution in [3.05, 3.63) is 0 Å². The molecule has 3 nitrogen and oxygen atoms in total. The quantitative estimate of drug-likeness (QED) is 0.802. The Morgan fingerprint density at radius 3 is 2.47 bits per heavy atom. The molecular weight excluding hydrogens is 212 g/mol. The number of amides is 1. The SMILES string of the molecule is CC(C)CC(CN)CC(=O)N1CCCC1(C)C. The van der Waals surface area contributed by atoms with E-state index >= 15 is 0 Å². The molecule has 0 radical (unpaired) electrons. The highest BCUT2D eigenvalue weighted by Crippen LogP contribution is 2.29. The zero-order valence-corrected chi connectivity index (χ0v) is 11.8. The van der Waals surface area contributed by atoms with Crippen LogP contribution in [0.3, 0.4) is 0 Å². The summed E-state index contributed by atoms with van der Waals surface area (Å²) in [6.45, 7) is 10.2. The minimum atomic E-state index is 0.0497. The van der Waals surface area contributed by atoms with Crippen LogP contribution in [-0.2, 0) is 4.79 Å². The number of likely N-dealkylation sites (tertiary alicyclic amines) is 1. The number of carbonyl (C=O) groups is 1. The van der Waals surface area contributed by atoms with Crippen LogP contribution < -0.4 is 5.73 Å². The summed E-state index contributed by atoms with van der Waals surface area (Å²) in [6.07, 6.45) is 3.93. The van der Waals surface area contributed by atoms with Gasteiger partial charge in [-0.25, -0.2) is 0 Å². The Morgan fingerprint density at radius 1 is 1.41 bits per heavy atom. The Balaban J connectivity index is 2.52. The molecule has 1 aliphatic heterocycles. The highest BCUT2D eigenvalue weighted by atomic mass is 16.2. The zero-order valence-electron chi connectivity index (χ0n) is 11.8. The maximum Gasteiger partial charge on any atom is 0.223 e. The van der Waals surface area contributed by atoms with Crippen molar-refractivity contribution in [3.8, 4) is 0 Å². The fourth-order valence-corrected chi connectivity index (χ4v) is 2.86. The lowest BCUT2D eigenvalue weighted by Gasteiger charge is -2.33. The highest BCUT2D eigenvalue weighted by molar-refractivity contribution is 5.77. The van der Waals surface area contributed by atoms with Crippen molar-refractivity contribution in [1.82, 2.24) is 4.90 Å². The third-order valence-corrected chi connectivity index (χ3v) is 3.80. The normalized spacial score (nSPS) is 20.9. The topological polar surface area (TPSA) is 46.3 Å². The van der Waals surface area contributed by atoms with E-state index < -0.39 is 0 Å². The van der Waals surface area contributed by atoms with Gasteiger partial charge in [-0.15, -0.1) is 0 Å². The predicted octanol–water partition coefficient (Wildman–Crippen LogP) is 2.40. The van der Waals surface area contributed by atoms with Gasteiger partial charge in [0, 0.05) is 18.5 Å². The molecule has 0 bridgehead atoms. The van der Waals surface area contributed by atoms with Crippen LogP contribution in [0.1, 0.15) is 53.4 Å². The Kier molecular flexibility index (Phi) is 4.99. The molecule has 0 aromatic rings. The van der Waals surface area contributed by atoms with E-state index in [2.05, 4.69) is 32.6 Å². The van der Waals surface area contributed by atoms with Gasteiger partial charge in [0.2, 0.25) is 5.91 Å². The molecule has 1 amide bonds. The molecule has 1 unspecified atom stereocenters. The van der Waals surface area contributed by atoms with Crippen molar-refractivity contribution in [2.24, 2.45) is 17.6 Å². The van der Waals surface area contributed by atoms with E-state index in [0.29, 0.717) is 30.7 Å². The van der Waals surface area contributed by atoms with Crippen LogP contribution in [0.15, 0.2) is 0 Å². The summed E-state index contributed by atoms with van der Waals surface area (Å²) in [7, 11) is 0. The van der Waals surface area contributed by atoms with Gasteiger partial charge in [0.25, 0.3) is 0 Å². The second-order valence-electron chi connectivity index (χ2n) is 6.40. The van der Waals surface area contributed by atoms with Gasteiger partial charge in [0.15, 0.2) is 0 Å². The molecule has 1 fully saturated rings. The van der Waals surface area contributed by atoms with Gasteiger partial charge in [-0.1, -0.05) is 13.8 Å². The van der Waals surface area contributed by atoms with Crippen molar-refractivity contribution in [1.29, 1.82) is 0 Å². The summed E-state index contributed by atoms with van der Waals surface area (Å²) in [6, 6.07) is 0. The summed E-state index contributed by atoms with van der Waals surface area (Å²) < 4.78 is 0. The van der Waals surface area contributed by atoms with Crippen molar-refractivity contribution >= 4 is 5.91 Å². The molecule has 1 atom stereocenters. The average molecular weight is 240 g/mol. The van der Waals surface area contributed by atoms with E-state index in [1.165, 1.54) is 0 Å². The molecule has 17 heavy (non-hydrogen) atoms. The van der Waals surface area contributed by atoms with Crippen LogP contribution in [0.25, 0.3) is 0 Å². The van der Waals surface area contributed by atoms with E-state index in [9.17, 15) is 4.79 Å². The molecule has 0 spiro atoms. The lowest BCUT2D eigenvalue weighted by Crippen LogP contribution is -2.43. The predicted molar refractivity (Wildman–Crippen MR) is 71.6 cm³/mol. The first-order valence-electron chi connectivity index (χ1n) is 6.87. The number of hydrogen-bond donors (Lipinski definition) is 1. The van der Waals surface area contributed by atoms with Gasteiger partial charge in [-0.3, -0.25) is 4.79 Å². The fourth-order valence-electron chi connectivity index (χ4n) is 2.86. The summed E-state index contributed by atoms with van der Waals surface area (Å²) in [5.74, 6) is 1.26. The summed E-state index contributed by atoms with van der Waals surface area (Å²) in [4.78, 5) is 14.3. The number of hydrogen-bond acceptors (Lipinski definition) is 2. The largest absolute Gasteiger partial charge is 0.338 e. The Hall–Kier alpha value is -0.570. The number of nitrogens with zero attached hydrogens (tertiary/aromatic N) is 1. The Bertz CT molecular complexity index is 261. The van der Waals surface area contributed by atoms with Crippen molar-refractivity contribution in [2.75, 3.05) is 13.1 Å². The number of carbonyl (C=O) groups excluding carboxylic acids is 1. The number of rotatable bonds is 5. The zero-order chi connectivity index (χ0) is 13.1. The van der Waals surface area contributed by atoms with E-state index in [0.717, 1.165) is 25.8 Å². The first-order valence-corrected chi connectivity index (χ1v) is 6.87. The molecule has 1 saturated heterocycles. The Labute approximate surface area is 106 Å². The van der Waals surface area contributed by atoms with Gasteiger partial charge in [0.05, 0.1) is 0 Å². The molecule has 2 N–H and O–H groups in total.